The molecule has 0 bridgehead atoms. The van der Waals surface area contributed by atoms with E-state index in [9.17, 15) is 0 Å². The molecule has 0 amide bonds. The fourth-order valence-electron chi connectivity index (χ4n) is 2.14. The number of nitrogens with one attached hydrogen (secondary N) is 1. The van der Waals surface area contributed by atoms with E-state index in [1.165, 1.54) is 23.3 Å². The molecule has 5 heteroatoms. The molecule has 1 heterocycles. The average molecular weight is 372 g/mol. The molecular formula is C15H16BrClN2S. The maximum Gasteiger partial charge on any atom is 0.115 e. The Kier molecular flexibility index (Phi) is 4.18. The average Bonchev–Trinajstić information content (AvgIpc) is 3.14. The molecule has 3 rings (SSSR count). The smallest absolute Gasteiger partial charge is 0.115 e. The van der Waals surface area contributed by atoms with Gasteiger partial charge >= 0.3 is 0 Å². The summed E-state index contributed by atoms with van der Waals surface area (Å²) in [4.78, 5) is 6.02. The summed E-state index contributed by atoms with van der Waals surface area (Å²) in [6.07, 6.45) is 2.51. The number of nitrogens with zero attached hydrogens (tertiary/aromatic N) is 1. The summed E-state index contributed by atoms with van der Waals surface area (Å²) in [6, 6.07) is 6.74. The predicted octanol–water partition coefficient (Wildman–Crippen LogP) is 5.02. The minimum absolute atomic E-state index is 0.145. The van der Waals surface area contributed by atoms with Crippen LogP contribution < -0.4 is 5.32 Å². The summed E-state index contributed by atoms with van der Waals surface area (Å²) in [5, 5.41) is 5.58. The third-order valence-corrected chi connectivity index (χ3v) is 5.60. The topological polar surface area (TPSA) is 24.9 Å². The molecule has 1 aliphatic carbocycles. The molecule has 1 fully saturated rings. The van der Waals surface area contributed by atoms with E-state index in [4.69, 9.17) is 16.6 Å². The van der Waals surface area contributed by atoms with Crippen LogP contribution in [-0.2, 0) is 0 Å². The molecule has 1 N–H and O–H groups in total. The maximum absolute atomic E-state index is 6.05. The van der Waals surface area contributed by atoms with Crippen LogP contribution in [0.25, 0.3) is 0 Å². The van der Waals surface area contributed by atoms with Crippen molar-refractivity contribution in [3.05, 3.63) is 48.8 Å². The molecule has 1 unspecified atom stereocenters. The highest BCUT2D eigenvalue weighted by atomic mass is 79.9. The van der Waals surface area contributed by atoms with Crippen LogP contribution in [-0.4, -0.2) is 11.0 Å². The first kappa shape index (κ1) is 14.5. The summed E-state index contributed by atoms with van der Waals surface area (Å²) in [5.41, 5.74) is 2.33. The molecule has 1 aromatic heterocycles. The lowest BCUT2D eigenvalue weighted by Gasteiger charge is -2.18. The largest absolute Gasteiger partial charge is 0.301 e. The normalized spacial score (nSPS) is 16.4. The van der Waals surface area contributed by atoms with Crippen molar-refractivity contribution < 1.29 is 0 Å². The van der Waals surface area contributed by atoms with E-state index in [1.54, 1.807) is 11.3 Å². The number of halogens is 2. The molecule has 1 atom stereocenters. The molecule has 1 aromatic carbocycles. The highest BCUT2D eigenvalue weighted by Crippen LogP contribution is 2.36. The summed E-state index contributed by atoms with van der Waals surface area (Å²) < 4.78 is 1.04. The van der Waals surface area contributed by atoms with Crippen molar-refractivity contribution in [3.8, 4) is 0 Å². The molecule has 106 valence electrons. The minimum Gasteiger partial charge on any atom is -0.301 e. The molecular weight excluding hydrogens is 356 g/mol. The van der Waals surface area contributed by atoms with E-state index in [0.29, 0.717) is 6.04 Å². The quantitative estimate of drug-likeness (QED) is 0.816. The number of hydrogen-bond donors (Lipinski definition) is 1. The van der Waals surface area contributed by atoms with Crippen LogP contribution in [0.3, 0.4) is 0 Å². The van der Waals surface area contributed by atoms with Crippen molar-refractivity contribution >= 4 is 38.9 Å². The Balaban J connectivity index is 2.00. The van der Waals surface area contributed by atoms with Gasteiger partial charge in [-0.25, -0.2) is 4.98 Å². The molecule has 2 aromatic rings. The van der Waals surface area contributed by atoms with Crippen LogP contribution in [0.4, 0.5) is 0 Å². The van der Waals surface area contributed by atoms with E-state index >= 15 is 0 Å². The number of rotatable bonds is 4. The third kappa shape index (κ3) is 3.08. The Bertz CT molecular complexity index is 617. The second kappa shape index (κ2) is 5.76. The molecule has 0 spiro atoms. The number of thiazole rings is 1. The first-order valence-corrected chi connectivity index (χ1v) is 8.68. The first-order valence-electron chi connectivity index (χ1n) is 6.69. The highest BCUT2D eigenvalue weighted by Gasteiger charge is 2.29. The Labute approximate surface area is 136 Å². The standard InChI is InChI=1S/C15H16BrClN2S/c1-8-9(2)20-15(18-8)14(19-11-4-5-11)12-6-3-10(17)7-13(12)16/h3,6-7,11,14,19H,4-5H2,1-2H3. The highest BCUT2D eigenvalue weighted by molar-refractivity contribution is 9.10. The zero-order chi connectivity index (χ0) is 14.3. The van der Waals surface area contributed by atoms with E-state index in [2.05, 4.69) is 41.2 Å². The number of benzene rings is 1. The summed E-state index contributed by atoms with van der Waals surface area (Å²) in [7, 11) is 0. The maximum atomic E-state index is 6.05. The molecule has 0 radical (unpaired) electrons. The summed E-state index contributed by atoms with van der Waals surface area (Å²) >= 11 is 11.5. The van der Waals surface area contributed by atoms with Gasteiger partial charge in [0.25, 0.3) is 0 Å². The van der Waals surface area contributed by atoms with Gasteiger partial charge in [0.05, 0.1) is 11.7 Å². The number of aryl methyl sites for hydroxylation is 2. The van der Waals surface area contributed by atoms with Gasteiger partial charge in [0.1, 0.15) is 5.01 Å². The zero-order valence-corrected chi connectivity index (χ0v) is 14.6. The van der Waals surface area contributed by atoms with Crippen LogP contribution in [0.15, 0.2) is 22.7 Å². The van der Waals surface area contributed by atoms with E-state index in [-0.39, 0.29) is 6.04 Å². The van der Waals surface area contributed by atoms with Crippen molar-refractivity contribution in [2.24, 2.45) is 0 Å². The van der Waals surface area contributed by atoms with E-state index in [0.717, 1.165) is 20.2 Å². The Morgan fingerprint density at radius 2 is 2.15 bits per heavy atom. The van der Waals surface area contributed by atoms with Gasteiger partial charge in [-0.3, -0.25) is 0 Å². The number of hydrogen-bond acceptors (Lipinski definition) is 3. The van der Waals surface area contributed by atoms with Crippen LogP contribution in [0, 0.1) is 13.8 Å². The van der Waals surface area contributed by atoms with Gasteiger partial charge < -0.3 is 5.32 Å². The lowest BCUT2D eigenvalue weighted by molar-refractivity contribution is 0.595. The van der Waals surface area contributed by atoms with Crippen LogP contribution in [0.1, 0.15) is 40.0 Å². The second-order valence-electron chi connectivity index (χ2n) is 5.23. The Morgan fingerprint density at radius 1 is 1.40 bits per heavy atom. The summed E-state index contributed by atoms with van der Waals surface area (Å²) in [6.45, 7) is 4.20. The second-order valence-corrected chi connectivity index (χ2v) is 7.76. The van der Waals surface area contributed by atoms with Gasteiger partial charge in [0.15, 0.2) is 0 Å². The zero-order valence-electron chi connectivity index (χ0n) is 11.4. The molecule has 20 heavy (non-hydrogen) atoms. The minimum atomic E-state index is 0.145. The van der Waals surface area contributed by atoms with Gasteiger partial charge in [-0.1, -0.05) is 33.6 Å². The van der Waals surface area contributed by atoms with Crippen molar-refractivity contribution in [1.82, 2.24) is 10.3 Å². The fourth-order valence-corrected chi connectivity index (χ4v) is 4.05. The fraction of sp³-hybridized carbons (Fsp3) is 0.400. The SMILES string of the molecule is Cc1nc(C(NC2CC2)c2ccc(Cl)cc2Br)sc1C. The van der Waals surface area contributed by atoms with Crippen LogP contribution in [0.5, 0.6) is 0 Å². The van der Waals surface area contributed by atoms with Crippen molar-refractivity contribution in [2.45, 2.75) is 38.8 Å². The van der Waals surface area contributed by atoms with E-state index in [1.807, 2.05) is 12.1 Å². The lowest BCUT2D eigenvalue weighted by atomic mass is 10.1. The lowest BCUT2D eigenvalue weighted by Crippen LogP contribution is -2.24. The van der Waals surface area contributed by atoms with Crippen LogP contribution >= 0.6 is 38.9 Å². The van der Waals surface area contributed by atoms with Gasteiger partial charge in [-0.05, 0) is 44.4 Å². The Hall–Kier alpha value is -0.420. The first-order chi connectivity index (χ1) is 9.54. The molecule has 2 nitrogen and oxygen atoms in total. The van der Waals surface area contributed by atoms with Gasteiger partial charge in [-0.15, -0.1) is 11.3 Å². The van der Waals surface area contributed by atoms with Gasteiger partial charge in [0.2, 0.25) is 0 Å². The van der Waals surface area contributed by atoms with Crippen molar-refractivity contribution in [3.63, 3.8) is 0 Å². The molecule has 0 aliphatic heterocycles. The summed E-state index contributed by atoms with van der Waals surface area (Å²) in [5.74, 6) is 0. The van der Waals surface area contributed by atoms with Crippen LogP contribution in [0.2, 0.25) is 5.02 Å². The molecule has 0 saturated heterocycles. The van der Waals surface area contributed by atoms with E-state index < -0.39 is 0 Å². The predicted molar refractivity (Wildman–Crippen MR) is 88.7 cm³/mol. The van der Waals surface area contributed by atoms with Crippen molar-refractivity contribution in [2.75, 3.05) is 0 Å². The van der Waals surface area contributed by atoms with Gasteiger partial charge in [0, 0.05) is 20.4 Å². The third-order valence-electron chi connectivity index (χ3n) is 3.55. The van der Waals surface area contributed by atoms with Crippen molar-refractivity contribution in [1.29, 1.82) is 0 Å². The monoisotopic (exact) mass is 370 g/mol. The Morgan fingerprint density at radius 3 is 2.70 bits per heavy atom. The number of aromatic nitrogens is 1. The van der Waals surface area contributed by atoms with Gasteiger partial charge in [-0.2, -0.15) is 0 Å². The molecule has 1 saturated carbocycles. The molecule has 1 aliphatic rings.